The van der Waals surface area contributed by atoms with Crippen LogP contribution in [-0.4, -0.2) is 25.2 Å². The quantitative estimate of drug-likeness (QED) is 0.713. The van der Waals surface area contributed by atoms with E-state index >= 15 is 0 Å². The van der Waals surface area contributed by atoms with Gasteiger partial charge < -0.3 is 14.8 Å². The van der Waals surface area contributed by atoms with Crippen LogP contribution in [0.5, 0.6) is 11.5 Å². The summed E-state index contributed by atoms with van der Waals surface area (Å²) in [4.78, 5) is 12.3. The number of benzene rings is 2. The Balaban J connectivity index is 1.79. The van der Waals surface area contributed by atoms with E-state index in [4.69, 9.17) is 21.1 Å². The molecule has 1 atom stereocenters. The first-order valence-electron chi connectivity index (χ1n) is 8.40. The highest BCUT2D eigenvalue weighted by molar-refractivity contribution is 6.30. The Morgan fingerprint density at radius 2 is 1.88 bits per heavy atom. The molecule has 134 valence electrons. The van der Waals surface area contributed by atoms with Crippen LogP contribution in [0.15, 0.2) is 42.5 Å². The van der Waals surface area contributed by atoms with Gasteiger partial charge in [0.05, 0.1) is 6.54 Å². The maximum absolute atomic E-state index is 12.3. The van der Waals surface area contributed by atoms with Crippen LogP contribution >= 0.6 is 11.6 Å². The zero-order chi connectivity index (χ0) is 18.2. The van der Waals surface area contributed by atoms with Crippen LogP contribution in [0.3, 0.4) is 0 Å². The average molecular weight is 362 g/mol. The highest BCUT2D eigenvalue weighted by atomic mass is 35.5. The fourth-order valence-electron chi connectivity index (χ4n) is 2.33. The fourth-order valence-corrected chi connectivity index (χ4v) is 2.46. The monoisotopic (exact) mass is 361 g/mol. The van der Waals surface area contributed by atoms with Crippen molar-refractivity contribution in [3.63, 3.8) is 0 Å². The molecule has 0 aliphatic carbocycles. The number of ether oxygens (including phenoxy) is 2. The van der Waals surface area contributed by atoms with E-state index in [0.717, 1.165) is 11.3 Å². The van der Waals surface area contributed by atoms with Crippen molar-refractivity contribution in [1.82, 2.24) is 5.32 Å². The van der Waals surface area contributed by atoms with Gasteiger partial charge in [0.25, 0.3) is 5.91 Å². The predicted molar refractivity (Wildman–Crippen MR) is 101 cm³/mol. The van der Waals surface area contributed by atoms with E-state index in [-0.39, 0.29) is 5.91 Å². The SMILES string of the molecule is CC[C@H](Oc1ccc(Cl)cc1)C(=O)NCCOc1cccc(C)c1C. The lowest BCUT2D eigenvalue weighted by molar-refractivity contribution is -0.128. The number of halogens is 1. The third-order valence-electron chi connectivity index (χ3n) is 3.97. The van der Waals surface area contributed by atoms with Crippen LogP contribution in [0.2, 0.25) is 5.02 Å². The fraction of sp³-hybridized carbons (Fsp3) is 0.350. The molecule has 0 aliphatic heterocycles. The van der Waals surface area contributed by atoms with Gasteiger partial charge in [-0.25, -0.2) is 0 Å². The zero-order valence-electron chi connectivity index (χ0n) is 14.8. The van der Waals surface area contributed by atoms with E-state index in [9.17, 15) is 4.79 Å². The van der Waals surface area contributed by atoms with Gasteiger partial charge in [-0.15, -0.1) is 0 Å². The average Bonchev–Trinajstić information content (AvgIpc) is 2.61. The summed E-state index contributed by atoms with van der Waals surface area (Å²) in [7, 11) is 0. The summed E-state index contributed by atoms with van der Waals surface area (Å²) in [5.41, 5.74) is 2.30. The molecule has 1 N–H and O–H groups in total. The van der Waals surface area contributed by atoms with Gasteiger partial charge in [-0.2, -0.15) is 0 Å². The van der Waals surface area contributed by atoms with Gasteiger partial charge in [0.15, 0.2) is 6.10 Å². The topological polar surface area (TPSA) is 47.6 Å². The maximum Gasteiger partial charge on any atom is 0.261 e. The van der Waals surface area contributed by atoms with Gasteiger partial charge in [-0.3, -0.25) is 4.79 Å². The lowest BCUT2D eigenvalue weighted by atomic mass is 10.1. The molecule has 0 unspecified atom stereocenters. The van der Waals surface area contributed by atoms with Crippen LogP contribution in [0.4, 0.5) is 0 Å². The Bertz CT molecular complexity index is 701. The number of nitrogens with one attached hydrogen (secondary N) is 1. The molecule has 0 fully saturated rings. The van der Waals surface area contributed by atoms with Gasteiger partial charge >= 0.3 is 0 Å². The van der Waals surface area contributed by atoms with Gasteiger partial charge in [0.2, 0.25) is 0 Å². The summed E-state index contributed by atoms with van der Waals surface area (Å²) >= 11 is 5.85. The summed E-state index contributed by atoms with van der Waals surface area (Å²) in [6.45, 7) is 6.81. The largest absolute Gasteiger partial charge is 0.491 e. The number of hydrogen-bond acceptors (Lipinski definition) is 3. The smallest absolute Gasteiger partial charge is 0.261 e. The number of carbonyl (C=O) groups excluding carboxylic acids is 1. The molecule has 0 radical (unpaired) electrons. The van der Waals surface area contributed by atoms with Crippen molar-refractivity contribution < 1.29 is 14.3 Å². The summed E-state index contributed by atoms with van der Waals surface area (Å²) < 4.78 is 11.5. The molecule has 0 spiro atoms. The highest BCUT2D eigenvalue weighted by Crippen LogP contribution is 2.20. The van der Waals surface area contributed by atoms with Gasteiger partial charge in [-0.05, 0) is 61.7 Å². The molecule has 0 heterocycles. The Labute approximate surface area is 154 Å². The minimum absolute atomic E-state index is 0.151. The summed E-state index contributed by atoms with van der Waals surface area (Å²) in [6.07, 6.45) is 0.0358. The lowest BCUT2D eigenvalue weighted by Crippen LogP contribution is -2.39. The lowest BCUT2D eigenvalue weighted by Gasteiger charge is -2.17. The van der Waals surface area contributed by atoms with Crippen molar-refractivity contribution in [2.24, 2.45) is 0 Å². The Hall–Kier alpha value is -2.20. The second-order valence-electron chi connectivity index (χ2n) is 5.81. The van der Waals surface area contributed by atoms with Crippen LogP contribution in [-0.2, 0) is 4.79 Å². The van der Waals surface area contributed by atoms with Crippen LogP contribution in [0.25, 0.3) is 0 Å². The highest BCUT2D eigenvalue weighted by Gasteiger charge is 2.17. The summed E-state index contributed by atoms with van der Waals surface area (Å²) in [6, 6.07) is 12.9. The second-order valence-corrected chi connectivity index (χ2v) is 6.24. The van der Waals surface area contributed by atoms with Crippen LogP contribution < -0.4 is 14.8 Å². The molecular formula is C20H24ClNO3. The maximum atomic E-state index is 12.3. The Kier molecular flexibility index (Phi) is 7.14. The number of hydrogen-bond donors (Lipinski definition) is 1. The van der Waals surface area contributed by atoms with Crippen molar-refractivity contribution in [2.75, 3.05) is 13.2 Å². The molecule has 5 heteroatoms. The standard InChI is InChI=1S/C20H24ClNO3/c1-4-18(25-17-10-8-16(21)9-11-17)20(23)22-12-13-24-19-7-5-6-14(2)15(19)3/h5-11,18H,4,12-13H2,1-3H3,(H,22,23)/t18-/m0/s1. The van der Waals surface area contributed by atoms with E-state index in [2.05, 4.69) is 5.32 Å². The minimum atomic E-state index is -0.540. The molecule has 2 rings (SSSR count). The van der Waals surface area contributed by atoms with E-state index in [1.165, 1.54) is 5.56 Å². The minimum Gasteiger partial charge on any atom is -0.491 e. The van der Waals surface area contributed by atoms with E-state index in [1.807, 2.05) is 39.0 Å². The normalized spacial score (nSPS) is 11.7. The third kappa shape index (κ3) is 5.68. The first-order valence-corrected chi connectivity index (χ1v) is 8.78. The molecule has 0 saturated heterocycles. The molecule has 0 bridgehead atoms. The van der Waals surface area contributed by atoms with Crippen molar-refractivity contribution in [3.8, 4) is 11.5 Å². The van der Waals surface area contributed by atoms with Gasteiger partial charge in [-0.1, -0.05) is 30.7 Å². The number of carbonyl (C=O) groups is 1. The zero-order valence-corrected chi connectivity index (χ0v) is 15.6. The third-order valence-corrected chi connectivity index (χ3v) is 4.22. The molecule has 0 saturated carbocycles. The first-order chi connectivity index (χ1) is 12.0. The first kappa shape index (κ1) is 19.1. The number of aryl methyl sites for hydroxylation is 1. The van der Waals surface area contributed by atoms with Crippen LogP contribution in [0.1, 0.15) is 24.5 Å². The Morgan fingerprint density at radius 1 is 1.16 bits per heavy atom. The molecule has 1 amide bonds. The van der Waals surface area contributed by atoms with Crippen molar-refractivity contribution in [3.05, 3.63) is 58.6 Å². The molecular weight excluding hydrogens is 338 g/mol. The van der Waals surface area contributed by atoms with Crippen molar-refractivity contribution in [2.45, 2.75) is 33.3 Å². The van der Waals surface area contributed by atoms with Gasteiger partial charge in [0, 0.05) is 5.02 Å². The molecule has 0 aliphatic rings. The van der Waals surface area contributed by atoms with Crippen LogP contribution in [0, 0.1) is 13.8 Å². The second kappa shape index (κ2) is 9.33. The van der Waals surface area contributed by atoms with Gasteiger partial charge in [0.1, 0.15) is 18.1 Å². The number of rotatable bonds is 8. The van der Waals surface area contributed by atoms with E-state index in [0.29, 0.717) is 30.3 Å². The molecule has 25 heavy (non-hydrogen) atoms. The summed E-state index contributed by atoms with van der Waals surface area (Å²) in [5.74, 6) is 1.32. The molecule has 4 nitrogen and oxygen atoms in total. The number of amides is 1. The van der Waals surface area contributed by atoms with Crippen molar-refractivity contribution >= 4 is 17.5 Å². The Morgan fingerprint density at radius 3 is 2.56 bits per heavy atom. The molecule has 0 aromatic heterocycles. The van der Waals surface area contributed by atoms with Crippen molar-refractivity contribution in [1.29, 1.82) is 0 Å². The predicted octanol–water partition coefficient (Wildman–Crippen LogP) is 4.31. The molecule has 2 aromatic rings. The van der Waals surface area contributed by atoms with E-state index in [1.54, 1.807) is 24.3 Å². The summed E-state index contributed by atoms with van der Waals surface area (Å²) in [5, 5.41) is 3.49. The molecule has 2 aromatic carbocycles. The van der Waals surface area contributed by atoms with E-state index < -0.39 is 6.10 Å².